The molecule has 1 aromatic heterocycles. The predicted octanol–water partition coefficient (Wildman–Crippen LogP) is 2.52. The number of carbonyl (C=O) groups is 1. The molecule has 1 heterocycles. The van der Waals surface area contributed by atoms with Crippen molar-refractivity contribution in [2.24, 2.45) is 0 Å². The molecular formula is C15H11NO4S. The van der Waals surface area contributed by atoms with Crippen molar-refractivity contribution in [1.29, 1.82) is 0 Å². The van der Waals surface area contributed by atoms with Crippen LogP contribution in [0.5, 0.6) is 5.75 Å². The van der Waals surface area contributed by atoms with Crippen LogP contribution in [0, 0.1) is 0 Å². The number of fused-ring (bicyclic) bond motifs is 1. The number of hydrogen-bond acceptors (Lipinski definition) is 4. The third-order valence-corrected chi connectivity index (χ3v) is 4.02. The molecule has 0 spiro atoms. The Morgan fingerprint density at radius 1 is 1.19 bits per heavy atom. The summed E-state index contributed by atoms with van der Waals surface area (Å²) in [5, 5.41) is 9.29. The Hall–Kier alpha value is -2.60. The van der Waals surface area contributed by atoms with Gasteiger partial charge in [0, 0.05) is 6.07 Å². The third kappa shape index (κ3) is 2.66. The second kappa shape index (κ2) is 5.41. The highest BCUT2D eigenvalue weighted by atomic mass is 32.1. The van der Waals surface area contributed by atoms with Crippen LogP contribution in [0.15, 0.2) is 53.3 Å². The van der Waals surface area contributed by atoms with Crippen molar-refractivity contribution in [3.05, 3.63) is 58.9 Å². The predicted molar refractivity (Wildman–Crippen MR) is 80.6 cm³/mol. The molecule has 0 atom stereocenters. The molecule has 0 aliphatic rings. The molecule has 0 unspecified atom stereocenters. The number of nitrogens with zero attached hydrogens (tertiary/aromatic N) is 1. The van der Waals surface area contributed by atoms with E-state index in [2.05, 4.69) is 0 Å². The molecule has 0 aliphatic carbocycles. The summed E-state index contributed by atoms with van der Waals surface area (Å²) in [6.45, 7) is -0.412. The number of benzene rings is 2. The van der Waals surface area contributed by atoms with Crippen LogP contribution in [0.1, 0.15) is 0 Å². The summed E-state index contributed by atoms with van der Waals surface area (Å²) in [6, 6.07) is 14.2. The van der Waals surface area contributed by atoms with E-state index in [1.165, 1.54) is 11.5 Å². The highest BCUT2D eigenvalue weighted by Crippen LogP contribution is 2.22. The van der Waals surface area contributed by atoms with Crippen molar-refractivity contribution < 1.29 is 14.6 Å². The molecule has 0 aliphatic heterocycles. The molecule has 0 amide bonds. The lowest BCUT2D eigenvalue weighted by Gasteiger charge is -2.05. The number of carboxylic acids is 1. The maximum Gasteiger partial charge on any atom is 0.341 e. The van der Waals surface area contributed by atoms with Gasteiger partial charge in [0.2, 0.25) is 0 Å². The number of hydrogen-bond donors (Lipinski definition) is 1. The number of aromatic nitrogens is 1. The molecule has 0 radical (unpaired) electrons. The monoisotopic (exact) mass is 301 g/mol. The normalized spacial score (nSPS) is 10.7. The van der Waals surface area contributed by atoms with E-state index in [0.29, 0.717) is 16.8 Å². The van der Waals surface area contributed by atoms with Gasteiger partial charge in [-0.25, -0.2) is 8.75 Å². The van der Waals surface area contributed by atoms with E-state index in [1.54, 1.807) is 34.3 Å². The summed E-state index contributed by atoms with van der Waals surface area (Å²) >= 11 is 1.34. The molecule has 1 N–H and O–H groups in total. The first-order valence-corrected chi connectivity index (χ1v) is 6.98. The fourth-order valence-electron chi connectivity index (χ4n) is 1.99. The van der Waals surface area contributed by atoms with Crippen LogP contribution in [0.2, 0.25) is 0 Å². The molecular weight excluding hydrogens is 290 g/mol. The standard InChI is InChI=1S/C15H11NO4S/c17-14(18)9-20-11-5-3-4-10(8-11)16-15(19)12-6-1-2-7-13(12)21-16/h1-8H,9H2,(H,17,18). The summed E-state index contributed by atoms with van der Waals surface area (Å²) < 4.78 is 7.60. The van der Waals surface area contributed by atoms with E-state index < -0.39 is 12.6 Å². The van der Waals surface area contributed by atoms with Crippen LogP contribution in [0.25, 0.3) is 15.8 Å². The Morgan fingerprint density at radius 3 is 2.76 bits per heavy atom. The van der Waals surface area contributed by atoms with E-state index in [-0.39, 0.29) is 5.56 Å². The first-order chi connectivity index (χ1) is 10.1. The summed E-state index contributed by atoms with van der Waals surface area (Å²) in [5.41, 5.74) is 0.565. The largest absolute Gasteiger partial charge is 0.482 e. The van der Waals surface area contributed by atoms with Crippen molar-refractivity contribution in [1.82, 2.24) is 3.96 Å². The topological polar surface area (TPSA) is 68.5 Å². The average Bonchev–Trinajstić information content (AvgIpc) is 2.83. The van der Waals surface area contributed by atoms with Gasteiger partial charge in [-0.05, 0) is 24.3 Å². The summed E-state index contributed by atoms with van der Waals surface area (Å²) in [4.78, 5) is 22.9. The van der Waals surface area contributed by atoms with Gasteiger partial charge in [-0.1, -0.05) is 29.7 Å². The smallest absolute Gasteiger partial charge is 0.341 e. The lowest BCUT2D eigenvalue weighted by atomic mass is 10.3. The van der Waals surface area contributed by atoms with Gasteiger partial charge >= 0.3 is 5.97 Å². The molecule has 5 nitrogen and oxygen atoms in total. The minimum absolute atomic E-state index is 0.0917. The zero-order chi connectivity index (χ0) is 14.8. The first-order valence-electron chi connectivity index (χ1n) is 6.21. The lowest BCUT2D eigenvalue weighted by Crippen LogP contribution is -2.12. The fourth-order valence-corrected chi connectivity index (χ4v) is 2.98. The van der Waals surface area contributed by atoms with Gasteiger partial charge in [0.1, 0.15) is 5.75 Å². The Morgan fingerprint density at radius 2 is 2.00 bits per heavy atom. The molecule has 0 bridgehead atoms. The van der Waals surface area contributed by atoms with Gasteiger partial charge in [0.25, 0.3) is 5.56 Å². The quantitative estimate of drug-likeness (QED) is 0.804. The second-order valence-corrected chi connectivity index (χ2v) is 5.35. The Kier molecular flexibility index (Phi) is 3.45. The maximum atomic E-state index is 12.3. The van der Waals surface area contributed by atoms with Gasteiger partial charge in [0.15, 0.2) is 6.61 Å². The highest BCUT2D eigenvalue weighted by molar-refractivity contribution is 7.14. The third-order valence-electron chi connectivity index (χ3n) is 2.91. The van der Waals surface area contributed by atoms with Crippen LogP contribution in [-0.4, -0.2) is 21.6 Å². The number of ether oxygens (including phenoxy) is 1. The van der Waals surface area contributed by atoms with Gasteiger partial charge in [-0.3, -0.25) is 4.79 Å². The van der Waals surface area contributed by atoms with Crippen molar-refractivity contribution in [2.75, 3.05) is 6.61 Å². The van der Waals surface area contributed by atoms with Gasteiger partial charge in [-0.15, -0.1) is 0 Å². The molecule has 6 heteroatoms. The van der Waals surface area contributed by atoms with Gasteiger partial charge in [-0.2, -0.15) is 0 Å². The Labute approximate surface area is 123 Å². The zero-order valence-electron chi connectivity index (χ0n) is 10.9. The second-order valence-electron chi connectivity index (χ2n) is 4.37. The average molecular weight is 301 g/mol. The van der Waals surface area contributed by atoms with Crippen LogP contribution < -0.4 is 10.3 Å². The lowest BCUT2D eigenvalue weighted by molar-refractivity contribution is -0.139. The molecule has 3 rings (SSSR count). The Bertz CT molecular complexity index is 865. The molecule has 0 fully saturated rings. The van der Waals surface area contributed by atoms with Crippen molar-refractivity contribution in [2.45, 2.75) is 0 Å². The summed E-state index contributed by atoms with van der Waals surface area (Å²) in [7, 11) is 0. The Balaban J connectivity index is 2.02. The zero-order valence-corrected chi connectivity index (χ0v) is 11.7. The van der Waals surface area contributed by atoms with E-state index in [9.17, 15) is 9.59 Å². The highest BCUT2D eigenvalue weighted by Gasteiger charge is 2.09. The molecule has 106 valence electrons. The molecule has 0 saturated carbocycles. The SMILES string of the molecule is O=C(O)COc1cccc(-n2sc3ccccc3c2=O)c1. The van der Waals surface area contributed by atoms with Crippen LogP contribution in [0.3, 0.4) is 0 Å². The van der Waals surface area contributed by atoms with Gasteiger partial charge in [0.05, 0.1) is 15.8 Å². The van der Waals surface area contributed by atoms with Crippen molar-refractivity contribution in [3.8, 4) is 11.4 Å². The van der Waals surface area contributed by atoms with Gasteiger partial charge < -0.3 is 9.84 Å². The van der Waals surface area contributed by atoms with E-state index in [4.69, 9.17) is 9.84 Å². The van der Waals surface area contributed by atoms with Crippen LogP contribution >= 0.6 is 11.5 Å². The minimum atomic E-state index is -1.04. The fraction of sp³-hybridized carbons (Fsp3) is 0.0667. The molecule has 21 heavy (non-hydrogen) atoms. The van der Waals surface area contributed by atoms with Crippen molar-refractivity contribution >= 4 is 27.6 Å². The molecule has 2 aromatic carbocycles. The van der Waals surface area contributed by atoms with E-state index in [1.807, 2.05) is 18.2 Å². The summed E-state index contributed by atoms with van der Waals surface area (Å²) in [5.74, 6) is -0.626. The van der Waals surface area contributed by atoms with E-state index in [0.717, 1.165) is 4.70 Å². The van der Waals surface area contributed by atoms with Crippen LogP contribution in [-0.2, 0) is 4.79 Å². The minimum Gasteiger partial charge on any atom is -0.482 e. The maximum absolute atomic E-state index is 12.3. The van der Waals surface area contributed by atoms with Crippen LogP contribution in [0.4, 0.5) is 0 Å². The number of rotatable bonds is 4. The first kappa shape index (κ1) is 13.4. The number of carboxylic acid groups (broad SMARTS) is 1. The summed E-state index contributed by atoms with van der Waals surface area (Å²) in [6.07, 6.45) is 0. The van der Waals surface area contributed by atoms with Crippen molar-refractivity contribution in [3.63, 3.8) is 0 Å². The van der Waals surface area contributed by atoms with E-state index >= 15 is 0 Å². The molecule has 0 saturated heterocycles. The molecule has 3 aromatic rings. The number of aliphatic carboxylic acids is 1.